The zero-order valence-corrected chi connectivity index (χ0v) is 17.3. The molecule has 1 aliphatic heterocycles. The highest BCUT2D eigenvalue weighted by molar-refractivity contribution is 5.79. The number of piperidine rings is 1. The summed E-state index contributed by atoms with van der Waals surface area (Å²) in [6.07, 6.45) is 10.2. The minimum atomic E-state index is 0.180. The van der Waals surface area contributed by atoms with Crippen LogP contribution in [0.5, 0.6) is 0 Å². The third-order valence-corrected chi connectivity index (χ3v) is 6.33. The second-order valence-corrected chi connectivity index (χ2v) is 8.27. The average Bonchev–Trinajstić information content (AvgIpc) is 2.77. The standard InChI is InChI=1S/C23H29N5O/c1-16-4-5-19(14-17(16)2)22(29)28-12-8-18(9-13-28)21-7-6-20(15-26-21)27-23-24-10-3-11-25-23/h3,6-7,10-11,15,18-19H,4-5,8-9,12-14H2,1-2H3,(H,24,25,27). The van der Waals surface area contributed by atoms with Crippen LogP contribution in [-0.2, 0) is 4.79 Å². The van der Waals surface area contributed by atoms with E-state index >= 15 is 0 Å². The van der Waals surface area contributed by atoms with E-state index in [1.807, 2.05) is 12.3 Å². The van der Waals surface area contributed by atoms with Gasteiger partial charge in [0.2, 0.25) is 11.9 Å². The molecule has 0 saturated carbocycles. The fourth-order valence-electron chi connectivity index (χ4n) is 4.33. The van der Waals surface area contributed by atoms with Crippen molar-refractivity contribution in [2.75, 3.05) is 18.4 Å². The molecular weight excluding hydrogens is 362 g/mol. The third kappa shape index (κ3) is 4.63. The van der Waals surface area contributed by atoms with E-state index in [0.717, 1.165) is 56.6 Å². The minimum Gasteiger partial charge on any atom is -0.342 e. The smallest absolute Gasteiger partial charge is 0.227 e. The van der Waals surface area contributed by atoms with Gasteiger partial charge in [0, 0.05) is 43.0 Å². The highest BCUT2D eigenvalue weighted by Crippen LogP contribution is 2.33. The highest BCUT2D eigenvalue weighted by atomic mass is 16.2. The third-order valence-electron chi connectivity index (χ3n) is 6.33. The summed E-state index contributed by atoms with van der Waals surface area (Å²) in [4.78, 5) is 28.0. The van der Waals surface area contributed by atoms with Gasteiger partial charge in [0.15, 0.2) is 0 Å². The Kier molecular flexibility index (Phi) is 5.88. The van der Waals surface area contributed by atoms with Gasteiger partial charge < -0.3 is 10.2 Å². The molecule has 0 radical (unpaired) electrons. The van der Waals surface area contributed by atoms with Gasteiger partial charge in [0.1, 0.15) is 0 Å². The summed E-state index contributed by atoms with van der Waals surface area (Å²) in [5.74, 6) is 1.51. The molecule has 1 atom stereocenters. The van der Waals surface area contributed by atoms with E-state index in [2.05, 4.69) is 45.1 Å². The van der Waals surface area contributed by atoms with E-state index in [0.29, 0.717) is 17.8 Å². The van der Waals surface area contributed by atoms with Crippen molar-refractivity contribution in [2.45, 2.75) is 51.9 Å². The first-order valence-corrected chi connectivity index (χ1v) is 10.5. The lowest BCUT2D eigenvalue weighted by molar-refractivity contribution is -0.137. The minimum absolute atomic E-state index is 0.180. The van der Waals surface area contributed by atoms with Crippen molar-refractivity contribution < 1.29 is 4.79 Å². The van der Waals surface area contributed by atoms with Crippen LogP contribution in [-0.4, -0.2) is 38.8 Å². The van der Waals surface area contributed by atoms with Gasteiger partial charge in [-0.05, 0) is 64.2 Å². The molecule has 1 amide bonds. The lowest BCUT2D eigenvalue weighted by Crippen LogP contribution is -2.42. The van der Waals surface area contributed by atoms with Crippen LogP contribution in [0.3, 0.4) is 0 Å². The van der Waals surface area contributed by atoms with Crippen LogP contribution in [0.15, 0.2) is 47.9 Å². The Bertz CT molecular complexity index is 870. The van der Waals surface area contributed by atoms with Crippen molar-refractivity contribution in [1.82, 2.24) is 19.9 Å². The van der Waals surface area contributed by atoms with E-state index in [-0.39, 0.29) is 5.92 Å². The number of pyridine rings is 1. The quantitative estimate of drug-likeness (QED) is 0.779. The first-order chi connectivity index (χ1) is 14.1. The zero-order chi connectivity index (χ0) is 20.2. The Morgan fingerprint density at radius 3 is 2.45 bits per heavy atom. The number of likely N-dealkylation sites (tertiary alicyclic amines) is 1. The molecule has 152 valence electrons. The first kappa shape index (κ1) is 19.6. The lowest BCUT2D eigenvalue weighted by atomic mass is 9.83. The fraction of sp³-hybridized carbons (Fsp3) is 0.478. The summed E-state index contributed by atoms with van der Waals surface area (Å²) in [7, 11) is 0. The normalized spacial score (nSPS) is 20.6. The number of carbonyl (C=O) groups excluding carboxylic acids is 1. The van der Waals surface area contributed by atoms with Crippen molar-refractivity contribution in [3.8, 4) is 0 Å². The fourth-order valence-corrected chi connectivity index (χ4v) is 4.33. The molecule has 0 spiro atoms. The van der Waals surface area contributed by atoms with Crippen LogP contribution >= 0.6 is 0 Å². The highest BCUT2D eigenvalue weighted by Gasteiger charge is 2.30. The zero-order valence-electron chi connectivity index (χ0n) is 17.3. The maximum absolute atomic E-state index is 12.9. The predicted molar refractivity (Wildman–Crippen MR) is 114 cm³/mol. The molecular formula is C23H29N5O. The number of hydrogen-bond donors (Lipinski definition) is 1. The molecule has 6 nitrogen and oxygen atoms in total. The molecule has 29 heavy (non-hydrogen) atoms. The topological polar surface area (TPSA) is 71.0 Å². The molecule has 1 unspecified atom stereocenters. The Hall–Kier alpha value is -2.76. The molecule has 0 bridgehead atoms. The molecule has 1 aliphatic carbocycles. The van der Waals surface area contributed by atoms with Gasteiger partial charge in [-0.3, -0.25) is 9.78 Å². The van der Waals surface area contributed by atoms with Crippen molar-refractivity contribution >= 4 is 17.5 Å². The number of carbonyl (C=O) groups is 1. The molecule has 6 heteroatoms. The van der Waals surface area contributed by atoms with Gasteiger partial charge in [0.05, 0.1) is 11.9 Å². The van der Waals surface area contributed by atoms with Crippen molar-refractivity contribution in [3.63, 3.8) is 0 Å². The summed E-state index contributed by atoms with van der Waals surface area (Å²) in [6, 6.07) is 5.89. The Labute approximate surface area is 172 Å². The summed E-state index contributed by atoms with van der Waals surface area (Å²) >= 11 is 0. The van der Waals surface area contributed by atoms with Crippen LogP contribution in [0.1, 0.15) is 57.6 Å². The van der Waals surface area contributed by atoms with Gasteiger partial charge in [-0.1, -0.05) is 11.1 Å². The maximum Gasteiger partial charge on any atom is 0.227 e. The van der Waals surface area contributed by atoms with Crippen LogP contribution < -0.4 is 5.32 Å². The van der Waals surface area contributed by atoms with E-state index < -0.39 is 0 Å². The number of amides is 1. The van der Waals surface area contributed by atoms with E-state index in [9.17, 15) is 4.79 Å². The SMILES string of the molecule is CC1=C(C)CC(C(=O)N2CCC(c3ccc(Nc4ncccn4)cn3)CC2)CC1. The molecule has 4 rings (SSSR count). The van der Waals surface area contributed by atoms with Crippen molar-refractivity contribution in [2.24, 2.45) is 5.92 Å². The van der Waals surface area contributed by atoms with E-state index in [4.69, 9.17) is 0 Å². The van der Waals surface area contributed by atoms with E-state index in [1.165, 1.54) is 11.1 Å². The summed E-state index contributed by atoms with van der Waals surface area (Å²) < 4.78 is 0. The summed E-state index contributed by atoms with van der Waals surface area (Å²) in [5, 5.41) is 3.16. The number of nitrogens with zero attached hydrogens (tertiary/aromatic N) is 4. The lowest BCUT2D eigenvalue weighted by Gasteiger charge is -2.35. The number of aromatic nitrogens is 3. The molecule has 3 heterocycles. The van der Waals surface area contributed by atoms with Crippen LogP contribution in [0.25, 0.3) is 0 Å². The Morgan fingerprint density at radius 2 is 1.79 bits per heavy atom. The second kappa shape index (κ2) is 8.72. The van der Waals surface area contributed by atoms with Gasteiger partial charge in [-0.25, -0.2) is 9.97 Å². The van der Waals surface area contributed by atoms with Crippen LogP contribution in [0.4, 0.5) is 11.6 Å². The second-order valence-electron chi connectivity index (χ2n) is 8.27. The summed E-state index contributed by atoms with van der Waals surface area (Å²) in [6.45, 7) is 6.04. The monoisotopic (exact) mass is 391 g/mol. The number of rotatable bonds is 4. The van der Waals surface area contributed by atoms with Gasteiger partial charge in [0.25, 0.3) is 0 Å². The molecule has 1 saturated heterocycles. The van der Waals surface area contributed by atoms with Gasteiger partial charge >= 0.3 is 0 Å². The summed E-state index contributed by atoms with van der Waals surface area (Å²) in [5.41, 5.74) is 4.85. The molecule has 1 fully saturated rings. The van der Waals surface area contributed by atoms with Gasteiger partial charge in [-0.15, -0.1) is 0 Å². The Morgan fingerprint density at radius 1 is 1.03 bits per heavy atom. The predicted octanol–water partition coefficient (Wildman–Crippen LogP) is 4.46. The van der Waals surface area contributed by atoms with Crippen LogP contribution in [0, 0.1) is 5.92 Å². The average molecular weight is 392 g/mol. The number of nitrogens with one attached hydrogen (secondary N) is 1. The maximum atomic E-state index is 12.9. The number of anilines is 2. The van der Waals surface area contributed by atoms with Crippen molar-refractivity contribution in [3.05, 3.63) is 53.6 Å². The molecule has 1 N–H and O–H groups in total. The van der Waals surface area contributed by atoms with E-state index in [1.54, 1.807) is 18.5 Å². The number of allylic oxidation sites excluding steroid dienone is 2. The molecule has 2 aliphatic rings. The molecule has 2 aromatic rings. The first-order valence-electron chi connectivity index (χ1n) is 10.5. The Balaban J connectivity index is 1.31. The van der Waals surface area contributed by atoms with Crippen LogP contribution in [0.2, 0.25) is 0 Å². The largest absolute Gasteiger partial charge is 0.342 e. The molecule has 0 aromatic carbocycles. The number of hydrogen-bond acceptors (Lipinski definition) is 5. The van der Waals surface area contributed by atoms with Crippen molar-refractivity contribution in [1.29, 1.82) is 0 Å². The van der Waals surface area contributed by atoms with Gasteiger partial charge in [-0.2, -0.15) is 0 Å². The molecule has 2 aromatic heterocycles.